The van der Waals surface area contributed by atoms with Gasteiger partial charge in [0.2, 0.25) is 5.13 Å². The summed E-state index contributed by atoms with van der Waals surface area (Å²) < 4.78 is 1.20. The zero-order valence-corrected chi connectivity index (χ0v) is 13.2. The van der Waals surface area contributed by atoms with Crippen LogP contribution >= 0.6 is 11.3 Å². The van der Waals surface area contributed by atoms with E-state index in [0.717, 1.165) is 22.8 Å². The van der Waals surface area contributed by atoms with E-state index in [1.54, 1.807) is 11.3 Å². The van der Waals surface area contributed by atoms with Crippen LogP contribution in [-0.4, -0.2) is 10.7 Å². The molecule has 2 rings (SSSR count). The van der Waals surface area contributed by atoms with Crippen molar-refractivity contribution >= 4 is 32.4 Å². The molecule has 3 nitrogen and oxygen atoms in total. The van der Waals surface area contributed by atoms with Crippen LogP contribution in [0, 0.1) is 0 Å². The minimum Gasteiger partial charge on any atom is -0.253 e. The molecule has 0 amide bonds. The molecule has 0 spiro atoms. The number of benzene rings is 1. The molecule has 0 atom stereocenters. The van der Waals surface area contributed by atoms with E-state index in [0.29, 0.717) is 0 Å². The Bertz CT molecular complexity index is 527. The zero-order valence-electron chi connectivity index (χ0n) is 12.4. The molecule has 0 aliphatic heterocycles. The number of thiazole rings is 1. The van der Waals surface area contributed by atoms with E-state index in [1.165, 1.54) is 36.8 Å². The fourth-order valence-electron chi connectivity index (χ4n) is 2.10. The Morgan fingerprint density at radius 2 is 2.00 bits per heavy atom. The molecule has 20 heavy (non-hydrogen) atoms. The maximum absolute atomic E-state index is 4.51. The van der Waals surface area contributed by atoms with Gasteiger partial charge in [-0.05, 0) is 31.9 Å². The molecule has 0 unspecified atom stereocenters. The summed E-state index contributed by atoms with van der Waals surface area (Å²) in [6, 6.07) is 8.16. The minimum absolute atomic E-state index is 0.872. The number of rotatable bonds is 8. The molecule has 1 heterocycles. The van der Waals surface area contributed by atoms with Crippen LogP contribution in [0.2, 0.25) is 0 Å². The summed E-state index contributed by atoms with van der Waals surface area (Å²) in [7, 11) is 0. The summed E-state index contributed by atoms with van der Waals surface area (Å²) in [5, 5.41) is 5.29. The van der Waals surface area contributed by atoms with Crippen LogP contribution < -0.4 is 5.43 Å². The highest BCUT2D eigenvalue weighted by Gasteiger charge is 2.01. The van der Waals surface area contributed by atoms with Crippen molar-refractivity contribution in [1.82, 2.24) is 4.98 Å². The summed E-state index contributed by atoms with van der Waals surface area (Å²) in [5.41, 5.74) is 5.27. The van der Waals surface area contributed by atoms with Gasteiger partial charge < -0.3 is 0 Å². The zero-order chi connectivity index (χ0) is 14.2. The van der Waals surface area contributed by atoms with Crippen LogP contribution in [0.3, 0.4) is 0 Å². The highest BCUT2D eigenvalue weighted by molar-refractivity contribution is 7.22. The Morgan fingerprint density at radius 3 is 2.80 bits per heavy atom. The van der Waals surface area contributed by atoms with Gasteiger partial charge in [-0.25, -0.2) is 4.98 Å². The molecular formula is C16H23N3S. The van der Waals surface area contributed by atoms with E-state index < -0.39 is 0 Å². The van der Waals surface area contributed by atoms with Gasteiger partial charge in [0.25, 0.3) is 0 Å². The van der Waals surface area contributed by atoms with Crippen LogP contribution in [0.25, 0.3) is 10.2 Å². The van der Waals surface area contributed by atoms with E-state index >= 15 is 0 Å². The van der Waals surface area contributed by atoms with Crippen molar-refractivity contribution in [3.8, 4) is 0 Å². The number of para-hydroxylation sites is 1. The maximum Gasteiger partial charge on any atom is 0.204 e. The van der Waals surface area contributed by atoms with Gasteiger partial charge in [0.15, 0.2) is 0 Å². The number of hydrazone groups is 1. The molecule has 1 N–H and O–H groups in total. The van der Waals surface area contributed by atoms with Gasteiger partial charge in [-0.3, -0.25) is 5.43 Å². The van der Waals surface area contributed by atoms with Crippen LogP contribution in [0.4, 0.5) is 5.13 Å². The Morgan fingerprint density at radius 1 is 1.20 bits per heavy atom. The first kappa shape index (κ1) is 15.0. The van der Waals surface area contributed by atoms with Gasteiger partial charge in [-0.2, -0.15) is 5.10 Å². The van der Waals surface area contributed by atoms with Crippen LogP contribution in [0.5, 0.6) is 0 Å². The minimum atomic E-state index is 0.872. The van der Waals surface area contributed by atoms with Gasteiger partial charge in [0.05, 0.1) is 10.2 Å². The molecule has 0 aliphatic rings. The molecule has 4 heteroatoms. The SMILES string of the molecule is CCCCCCC/C(C)=N/Nc1nc2ccccc2s1. The van der Waals surface area contributed by atoms with Crippen molar-refractivity contribution in [2.24, 2.45) is 5.10 Å². The first-order valence-electron chi connectivity index (χ1n) is 7.44. The number of nitrogens with zero attached hydrogens (tertiary/aromatic N) is 2. The second-order valence-electron chi connectivity index (χ2n) is 5.11. The van der Waals surface area contributed by atoms with Crippen molar-refractivity contribution in [1.29, 1.82) is 0 Å². The van der Waals surface area contributed by atoms with Crippen LogP contribution in [0.15, 0.2) is 29.4 Å². The van der Waals surface area contributed by atoms with Gasteiger partial charge >= 0.3 is 0 Å². The summed E-state index contributed by atoms with van der Waals surface area (Å²) in [4.78, 5) is 4.51. The third kappa shape index (κ3) is 4.60. The van der Waals surface area contributed by atoms with Gasteiger partial charge in [-0.1, -0.05) is 56.1 Å². The lowest BCUT2D eigenvalue weighted by atomic mass is 10.1. The number of aromatic nitrogens is 1. The maximum atomic E-state index is 4.51. The summed E-state index contributed by atoms with van der Waals surface area (Å²) in [5.74, 6) is 0. The molecule has 0 saturated carbocycles. The van der Waals surface area contributed by atoms with Crippen molar-refractivity contribution in [2.45, 2.75) is 52.4 Å². The van der Waals surface area contributed by atoms with Crippen LogP contribution in [-0.2, 0) is 0 Å². The third-order valence-corrected chi connectivity index (χ3v) is 4.22. The molecular weight excluding hydrogens is 266 g/mol. The Kier molecular flexibility index (Phi) is 5.99. The van der Waals surface area contributed by atoms with Gasteiger partial charge in [-0.15, -0.1) is 0 Å². The Labute approximate surface area is 125 Å². The first-order valence-corrected chi connectivity index (χ1v) is 8.26. The number of anilines is 1. The Hall–Kier alpha value is -1.42. The van der Waals surface area contributed by atoms with E-state index in [1.807, 2.05) is 18.2 Å². The molecule has 0 bridgehead atoms. The van der Waals surface area contributed by atoms with Gasteiger partial charge in [0, 0.05) is 5.71 Å². The molecule has 0 radical (unpaired) electrons. The predicted octanol–water partition coefficient (Wildman–Crippen LogP) is 5.44. The largest absolute Gasteiger partial charge is 0.253 e. The van der Waals surface area contributed by atoms with Gasteiger partial charge in [0.1, 0.15) is 0 Å². The first-order chi connectivity index (χ1) is 9.79. The second-order valence-corrected chi connectivity index (χ2v) is 6.14. The van der Waals surface area contributed by atoms with E-state index in [4.69, 9.17) is 0 Å². The molecule has 0 saturated heterocycles. The standard InChI is InChI=1S/C16H23N3S/c1-3-4-5-6-7-10-13(2)18-19-16-17-14-11-8-9-12-15(14)20-16/h8-9,11-12H,3-7,10H2,1-2H3,(H,17,19)/b18-13+. The normalized spacial score (nSPS) is 12.0. The molecule has 0 aliphatic carbocycles. The molecule has 108 valence electrons. The van der Waals surface area contributed by atoms with Crippen molar-refractivity contribution in [3.05, 3.63) is 24.3 Å². The quantitative estimate of drug-likeness (QED) is 0.399. The average Bonchev–Trinajstić information content (AvgIpc) is 2.88. The summed E-state index contributed by atoms with van der Waals surface area (Å²) in [6.45, 7) is 4.33. The lowest BCUT2D eigenvalue weighted by Crippen LogP contribution is -1.97. The molecule has 1 aromatic carbocycles. The highest BCUT2D eigenvalue weighted by atomic mass is 32.1. The fraction of sp³-hybridized carbons (Fsp3) is 0.500. The number of fused-ring (bicyclic) bond motifs is 1. The summed E-state index contributed by atoms with van der Waals surface area (Å²) >= 11 is 1.64. The smallest absolute Gasteiger partial charge is 0.204 e. The van der Waals surface area contributed by atoms with Crippen molar-refractivity contribution in [3.63, 3.8) is 0 Å². The van der Waals surface area contributed by atoms with E-state index in [9.17, 15) is 0 Å². The topological polar surface area (TPSA) is 37.3 Å². The molecule has 2 aromatic rings. The highest BCUT2D eigenvalue weighted by Crippen LogP contribution is 2.25. The van der Waals surface area contributed by atoms with Crippen molar-refractivity contribution in [2.75, 3.05) is 5.43 Å². The number of hydrogen-bond donors (Lipinski definition) is 1. The lowest BCUT2D eigenvalue weighted by molar-refractivity contribution is 0.643. The van der Waals surface area contributed by atoms with E-state index in [2.05, 4.69) is 35.4 Å². The monoisotopic (exact) mass is 289 g/mol. The number of unbranched alkanes of at least 4 members (excludes halogenated alkanes) is 4. The molecule has 0 fully saturated rings. The van der Waals surface area contributed by atoms with Crippen LogP contribution in [0.1, 0.15) is 52.4 Å². The average molecular weight is 289 g/mol. The van der Waals surface area contributed by atoms with E-state index in [-0.39, 0.29) is 0 Å². The predicted molar refractivity (Wildman–Crippen MR) is 89.7 cm³/mol. The lowest BCUT2D eigenvalue weighted by Gasteiger charge is -2.01. The summed E-state index contributed by atoms with van der Waals surface area (Å²) in [6.07, 6.45) is 7.60. The number of nitrogens with one attached hydrogen (secondary N) is 1. The third-order valence-electron chi connectivity index (χ3n) is 3.28. The number of hydrogen-bond acceptors (Lipinski definition) is 4. The Balaban J connectivity index is 1.79. The second kappa shape index (κ2) is 8.00. The van der Waals surface area contributed by atoms with Crippen molar-refractivity contribution < 1.29 is 0 Å². The molecule has 1 aromatic heterocycles. The fourth-order valence-corrected chi connectivity index (χ4v) is 2.91.